The fourth-order valence-corrected chi connectivity index (χ4v) is 3.31. The normalized spacial score (nSPS) is 12.0. The van der Waals surface area contributed by atoms with E-state index in [1.165, 1.54) is 16.7 Å². The Balaban J connectivity index is 1.87. The van der Waals surface area contributed by atoms with Crippen LogP contribution in [0.1, 0.15) is 28.6 Å². The number of hydrogen-bond donors (Lipinski definition) is 0. The topological polar surface area (TPSA) is 89.7 Å². The van der Waals surface area contributed by atoms with Gasteiger partial charge in [0, 0.05) is 36.6 Å². The summed E-state index contributed by atoms with van der Waals surface area (Å²) in [5.41, 5.74) is 2.79. The molecule has 0 aliphatic heterocycles. The number of carbonyl (C=O) groups excluding carboxylic acids is 2. The second kappa shape index (κ2) is 8.60. The Kier molecular flexibility index (Phi) is 6.17. The lowest BCUT2D eigenvalue weighted by atomic mass is 10.1. The Morgan fingerprint density at radius 3 is 2.48 bits per heavy atom. The number of aromatic nitrogens is 4. The van der Waals surface area contributed by atoms with Crippen LogP contribution in [0.4, 0.5) is 0 Å². The lowest BCUT2D eigenvalue weighted by molar-refractivity contribution is -0.159. The molecule has 8 nitrogen and oxygen atoms in total. The van der Waals surface area contributed by atoms with Gasteiger partial charge >= 0.3 is 5.97 Å². The number of rotatable bonds is 6. The van der Waals surface area contributed by atoms with Crippen molar-refractivity contribution in [1.82, 2.24) is 24.5 Å². The van der Waals surface area contributed by atoms with E-state index in [1.807, 2.05) is 26.2 Å². The molecule has 0 saturated carbocycles. The zero-order valence-corrected chi connectivity index (χ0v) is 17.9. The van der Waals surface area contributed by atoms with Crippen molar-refractivity contribution in [1.29, 1.82) is 0 Å². The van der Waals surface area contributed by atoms with Crippen LogP contribution >= 0.6 is 11.8 Å². The maximum Gasteiger partial charge on any atom is 0.311 e. The van der Waals surface area contributed by atoms with Crippen molar-refractivity contribution in [2.24, 2.45) is 0 Å². The van der Waals surface area contributed by atoms with Crippen molar-refractivity contribution in [2.75, 3.05) is 20.4 Å². The first-order valence-corrected chi connectivity index (χ1v) is 10.3. The number of fused-ring (bicyclic) bond motifs is 1. The van der Waals surface area contributed by atoms with Crippen LogP contribution in [0.2, 0.25) is 0 Å². The predicted molar refractivity (Wildman–Crippen MR) is 110 cm³/mol. The summed E-state index contributed by atoms with van der Waals surface area (Å²) in [6.07, 6.45) is 0.880. The van der Waals surface area contributed by atoms with Gasteiger partial charge in [-0.1, -0.05) is 42.1 Å². The van der Waals surface area contributed by atoms with Gasteiger partial charge in [-0.05, 0) is 20.1 Å². The largest absolute Gasteiger partial charge is 0.447 e. The summed E-state index contributed by atoms with van der Waals surface area (Å²) >= 11 is 1.42. The van der Waals surface area contributed by atoms with Crippen LogP contribution in [0.25, 0.3) is 5.78 Å². The molecule has 1 atom stereocenters. The first kappa shape index (κ1) is 20.8. The van der Waals surface area contributed by atoms with E-state index in [0.29, 0.717) is 27.8 Å². The number of esters is 1. The summed E-state index contributed by atoms with van der Waals surface area (Å²) in [4.78, 5) is 35.5. The van der Waals surface area contributed by atoms with Crippen molar-refractivity contribution in [2.45, 2.75) is 31.5 Å². The number of benzene rings is 1. The van der Waals surface area contributed by atoms with Gasteiger partial charge in [0.2, 0.25) is 11.3 Å². The molecule has 152 valence electrons. The number of nitrogens with zero attached hydrogens (tertiary/aromatic N) is 5. The van der Waals surface area contributed by atoms with E-state index in [1.54, 1.807) is 42.9 Å². The number of amides is 1. The van der Waals surface area contributed by atoms with Crippen LogP contribution in [0.5, 0.6) is 0 Å². The van der Waals surface area contributed by atoms with Gasteiger partial charge in [-0.15, -0.1) is 5.10 Å². The molecule has 0 aliphatic carbocycles. The number of hydrogen-bond acceptors (Lipinski definition) is 7. The highest BCUT2D eigenvalue weighted by Gasteiger charge is 2.27. The average molecular weight is 414 g/mol. The quantitative estimate of drug-likeness (QED) is 0.453. The van der Waals surface area contributed by atoms with Gasteiger partial charge in [0.1, 0.15) is 0 Å². The zero-order chi connectivity index (χ0) is 21.1. The van der Waals surface area contributed by atoms with Gasteiger partial charge in [-0.25, -0.2) is 9.50 Å². The number of thioether (sulfide) groups is 1. The summed E-state index contributed by atoms with van der Waals surface area (Å²) in [7, 11) is 3.26. The molecule has 0 spiro atoms. The number of carbonyl (C=O) groups is 2. The van der Waals surface area contributed by atoms with Gasteiger partial charge in [-0.2, -0.15) is 4.98 Å². The third-order valence-corrected chi connectivity index (χ3v) is 5.09. The highest BCUT2D eigenvalue weighted by Crippen LogP contribution is 2.22. The number of ether oxygens (including phenoxy) is 1. The third kappa shape index (κ3) is 4.40. The second-order valence-corrected chi connectivity index (χ2v) is 7.53. The molecule has 0 aliphatic rings. The maximum atomic E-state index is 12.8. The van der Waals surface area contributed by atoms with E-state index in [-0.39, 0.29) is 12.3 Å². The molecule has 0 N–H and O–H groups in total. The van der Waals surface area contributed by atoms with Crippen molar-refractivity contribution in [3.8, 4) is 0 Å². The average Bonchev–Trinajstić information content (AvgIpc) is 3.12. The Labute approximate surface area is 173 Å². The van der Waals surface area contributed by atoms with E-state index < -0.39 is 12.1 Å². The summed E-state index contributed by atoms with van der Waals surface area (Å²) in [6, 6.07) is 8.99. The minimum absolute atomic E-state index is 0.0148. The third-order valence-electron chi connectivity index (χ3n) is 4.55. The van der Waals surface area contributed by atoms with Crippen molar-refractivity contribution in [3.63, 3.8) is 0 Å². The second-order valence-electron chi connectivity index (χ2n) is 6.76. The zero-order valence-electron chi connectivity index (χ0n) is 17.0. The van der Waals surface area contributed by atoms with E-state index in [0.717, 1.165) is 5.69 Å². The molecule has 0 radical (unpaired) electrons. The van der Waals surface area contributed by atoms with E-state index in [9.17, 15) is 9.59 Å². The molecule has 9 heteroatoms. The van der Waals surface area contributed by atoms with Gasteiger partial charge in [-0.3, -0.25) is 9.59 Å². The van der Waals surface area contributed by atoms with Crippen molar-refractivity contribution >= 4 is 29.4 Å². The fraction of sp³-hybridized carbons (Fsp3) is 0.350. The highest BCUT2D eigenvalue weighted by atomic mass is 32.2. The Hall–Kier alpha value is -2.94. The SMILES string of the molecule is CSc1nc2nc(C)c(CC(=O)O[C@H](C(=O)N(C)C)c3ccccc3)c(C)n2n1. The summed E-state index contributed by atoms with van der Waals surface area (Å²) in [5, 5.41) is 5.00. The molecule has 1 amide bonds. The summed E-state index contributed by atoms with van der Waals surface area (Å²) < 4.78 is 7.23. The molecular weight excluding hydrogens is 390 g/mol. The molecule has 3 rings (SSSR count). The molecule has 2 aromatic heterocycles. The van der Waals surface area contributed by atoms with E-state index in [4.69, 9.17) is 4.74 Å². The molecule has 0 fully saturated rings. The molecule has 1 aromatic carbocycles. The van der Waals surface area contributed by atoms with Crippen LogP contribution in [0, 0.1) is 13.8 Å². The van der Waals surface area contributed by atoms with Gasteiger partial charge in [0.15, 0.2) is 0 Å². The minimum Gasteiger partial charge on any atom is -0.447 e. The van der Waals surface area contributed by atoms with Crippen LogP contribution < -0.4 is 0 Å². The summed E-state index contributed by atoms with van der Waals surface area (Å²) in [5.74, 6) is -0.314. The Morgan fingerprint density at radius 1 is 1.17 bits per heavy atom. The first-order valence-electron chi connectivity index (χ1n) is 9.04. The highest BCUT2D eigenvalue weighted by molar-refractivity contribution is 7.98. The molecule has 29 heavy (non-hydrogen) atoms. The van der Waals surface area contributed by atoms with E-state index >= 15 is 0 Å². The van der Waals surface area contributed by atoms with Crippen LogP contribution in [0.3, 0.4) is 0 Å². The molecule has 0 bridgehead atoms. The lowest BCUT2D eigenvalue weighted by Crippen LogP contribution is -2.31. The predicted octanol–water partition coefficient (Wildman–Crippen LogP) is 2.38. The summed E-state index contributed by atoms with van der Waals surface area (Å²) in [6.45, 7) is 3.69. The standard InChI is InChI=1S/C20H23N5O3S/c1-12-15(13(2)25-19(21-12)22-20(23-25)29-5)11-16(26)28-17(18(27)24(3)4)14-9-7-6-8-10-14/h6-10,17H,11H2,1-5H3/t17-/m0/s1. The van der Waals surface area contributed by atoms with Crippen LogP contribution in [-0.4, -0.2) is 56.7 Å². The molecule has 3 aromatic rings. The van der Waals surface area contributed by atoms with Crippen molar-refractivity contribution < 1.29 is 14.3 Å². The van der Waals surface area contributed by atoms with Crippen LogP contribution in [-0.2, 0) is 20.7 Å². The minimum atomic E-state index is -0.995. The smallest absolute Gasteiger partial charge is 0.311 e. The van der Waals surface area contributed by atoms with Gasteiger partial charge in [0.05, 0.1) is 6.42 Å². The fourth-order valence-electron chi connectivity index (χ4n) is 2.97. The monoisotopic (exact) mass is 413 g/mol. The van der Waals surface area contributed by atoms with E-state index in [2.05, 4.69) is 15.1 Å². The maximum absolute atomic E-state index is 12.8. The Morgan fingerprint density at radius 2 is 1.86 bits per heavy atom. The number of likely N-dealkylation sites (N-methyl/N-ethyl adjacent to an activating group) is 1. The van der Waals surface area contributed by atoms with Gasteiger partial charge < -0.3 is 9.64 Å². The van der Waals surface area contributed by atoms with Gasteiger partial charge in [0.25, 0.3) is 11.7 Å². The number of aryl methyl sites for hydroxylation is 2. The molecule has 0 unspecified atom stereocenters. The molecular formula is C20H23N5O3S. The van der Waals surface area contributed by atoms with Crippen LogP contribution in [0.15, 0.2) is 35.5 Å². The Bertz CT molecular complexity index is 1050. The molecule has 2 heterocycles. The van der Waals surface area contributed by atoms with Crippen molar-refractivity contribution in [3.05, 3.63) is 52.8 Å². The lowest BCUT2D eigenvalue weighted by Gasteiger charge is -2.21. The first-order chi connectivity index (χ1) is 13.8. The molecule has 0 saturated heterocycles.